The van der Waals surface area contributed by atoms with Crippen molar-refractivity contribution in [1.82, 2.24) is 9.97 Å². The van der Waals surface area contributed by atoms with E-state index in [0.29, 0.717) is 16.6 Å². The predicted molar refractivity (Wildman–Crippen MR) is 126 cm³/mol. The van der Waals surface area contributed by atoms with Crippen molar-refractivity contribution in [3.63, 3.8) is 0 Å². The molecule has 1 aliphatic rings. The number of hydrogen-bond donors (Lipinski definition) is 3. The van der Waals surface area contributed by atoms with E-state index in [2.05, 4.69) is 26.7 Å². The summed E-state index contributed by atoms with van der Waals surface area (Å²) in [7, 11) is 0. The third-order valence-corrected chi connectivity index (χ3v) is 6.42. The lowest BCUT2D eigenvalue weighted by Gasteiger charge is -2.23. The van der Waals surface area contributed by atoms with Crippen LogP contribution in [-0.2, 0) is 15.3 Å². The van der Waals surface area contributed by atoms with E-state index >= 15 is 0 Å². The molecule has 3 aromatic rings. The Morgan fingerprint density at radius 2 is 1.94 bits per heavy atom. The average molecular weight is 449 g/mol. The average Bonchev–Trinajstić information content (AvgIpc) is 2.74. The maximum atomic E-state index is 13.0. The molecule has 2 aromatic carbocycles. The molecular weight excluding hydrogens is 424 g/mol. The largest absolute Gasteiger partial charge is 0.326 e. The standard InChI is InChI=1S/C24H24N4O3S/c1-13-5-4-6-16(9-13)12-32-24-27-21-20(23(31)28-24)18(11-19(29)26-21)22(30)25-17-8-7-14(2)15(3)10-17/h4-10,18H,11-12H2,1-3H3,(H,25,30)(H2,26,27,28,29,31)/t18-/m0/s1. The normalized spacial score (nSPS) is 15.1. The van der Waals surface area contributed by atoms with Crippen molar-refractivity contribution in [2.45, 2.75) is 44.0 Å². The van der Waals surface area contributed by atoms with Gasteiger partial charge in [0.15, 0.2) is 5.16 Å². The van der Waals surface area contributed by atoms with E-state index in [-0.39, 0.29) is 23.7 Å². The third-order valence-electron chi connectivity index (χ3n) is 5.48. The van der Waals surface area contributed by atoms with Gasteiger partial charge in [-0.3, -0.25) is 14.4 Å². The zero-order valence-corrected chi connectivity index (χ0v) is 18.9. The highest BCUT2D eigenvalue weighted by molar-refractivity contribution is 7.98. The topological polar surface area (TPSA) is 104 Å². The van der Waals surface area contributed by atoms with Gasteiger partial charge in [-0.05, 0) is 49.6 Å². The van der Waals surface area contributed by atoms with Crippen molar-refractivity contribution in [2.75, 3.05) is 10.6 Å². The number of aromatic amines is 1. The van der Waals surface area contributed by atoms with Crippen LogP contribution in [0.2, 0.25) is 0 Å². The molecule has 3 N–H and O–H groups in total. The number of aryl methyl sites for hydroxylation is 3. The van der Waals surface area contributed by atoms with Crippen molar-refractivity contribution >= 4 is 35.1 Å². The minimum absolute atomic E-state index is 0.107. The molecule has 7 nitrogen and oxygen atoms in total. The van der Waals surface area contributed by atoms with Gasteiger partial charge in [0.05, 0.1) is 11.5 Å². The Labute approximate surface area is 190 Å². The van der Waals surface area contributed by atoms with Crippen LogP contribution in [-0.4, -0.2) is 21.8 Å². The van der Waals surface area contributed by atoms with Crippen LogP contribution < -0.4 is 16.2 Å². The Bertz CT molecular complexity index is 1270. The number of carbonyl (C=O) groups is 2. The van der Waals surface area contributed by atoms with Crippen molar-refractivity contribution < 1.29 is 9.59 Å². The first-order chi connectivity index (χ1) is 15.3. The third kappa shape index (κ3) is 4.75. The molecule has 0 bridgehead atoms. The zero-order valence-electron chi connectivity index (χ0n) is 18.1. The molecule has 2 amide bonds. The number of H-pyrrole nitrogens is 1. The summed E-state index contributed by atoms with van der Waals surface area (Å²) in [5, 5.41) is 5.87. The highest BCUT2D eigenvalue weighted by Gasteiger charge is 2.34. The van der Waals surface area contributed by atoms with E-state index in [9.17, 15) is 14.4 Å². The van der Waals surface area contributed by atoms with E-state index in [4.69, 9.17) is 0 Å². The Hall–Kier alpha value is -3.39. The fourth-order valence-electron chi connectivity index (χ4n) is 3.65. The second-order valence-electron chi connectivity index (χ2n) is 8.00. The smallest absolute Gasteiger partial charge is 0.257 e. The van der Waals surface area contributed by atoms with Gasteiger partial charge in [-0.2, -0.15) is 0 Å². The van der Waals surface area contributed by atoms with Gasteiger partial charge in [-0.25, -0.2) is 4.98 Å². The molecule has 0 spiro atoms. The van der Waals surface area contributed by atoms with Crippen LogP contribution in [0.4, 0.5) is 11.5 Å². The first-order valence-electron chi connectivity index (χ1n) is 10.3. The molecular formula is C24H24N4O3S. The summed E-state index contributed by atoms with van der Waals surface area (Å²) in [6.07, 6.45) is -0.107. The monoisotopic (exact) mass is 448 g/mol. The van der Waals surface area contributed by atoms with Crippen molar-refractivity contribution in [2.24, 2.45) is 0 Å². The maximum absolute atomic E-state index is 13.0. The first kappa shape index (κ1) is 21.8. The highest BCUT2D eigenvalue weighted by Crippen LogP contribution is 2.31. The van der Waals surface area contributed by atoms with Gasteiger partial charge < -0.3 is 15.6 Å². The molecule has 32 heavy (non-hydrogen) atoms. The summed E-state index contributed by atoms with van der Waals surface area (Å²) in [5.74, 6) is -0.889. The lowest BCUT2D eigenvalue weighted by atomic mass is 9.92. The van der Waals surface area contributed by atoms with Crippen LogP contribution in [0.3, 0.4) is 0 Å². The lowest BCUT2D eigenvalue weighted by Crippen LogP contribution is -2.36. The van der Waals surface area contributed by atoms with E-state index < -0.39 is 17.4 Å². The predicted octanol–water partition coefficient (Wildman–Crippen LogP) is 4.05. The Morgan fingerprint density at radius 1 is 1.12 bits per heavy atom. The molecule has 0 saturated heterocycles. The minimum atomic E-state index is -0.910. The zero-order chi connectivity index (χ0) is 22.8. The van der Waals surface area contributed by atoms with Crippen LogP contribution in [0.5, 0.6) is 0 Å². The van der Waals surface area contributed by atoms with Crippen LogP contribution in [0.15, 0.2) is 52.4 Å². The van der Waals surface area contributed by atoms with Gasteiger partial charge in [-0.1, -0.05) is 47.7 Å². The van der Waals surface area contributed by atoms with Crippen molar-refractivity contribution in [1.29, 1.82) is 0 Å². The number of carbonyl (C=O) groups excluding carboxylic acids is 2. The summed E-state index contributed by atoms with van der Waals surface area (Å²) in [6.45, 7) is 5.97. The van der Waals surface area contributed by atoms with Crippen LogP contribution in [0, 0.1) is 20.8 Å². The quantitative estimate of drug-likeness (QED) is 0.403. The van der Waals surface area contributed by atoms with E-state index in [1.54, 1.807) is 6.07 Å². The van der Waals surface area contributed by atoms with Gasteiger partial charge >= 0.3 is 0 Å². The number of fused-ring (bicyclic) bond motifs is 1. The molecule has 0 unspecified atom stereocenters. The van der Waals surface area contributed by atoms with Gasteiger partial charge in [0, 0.05) is 17.9 Å². The number of anilines is 2. The number of thioether (sulfide) groups is 1. The van der Waals surface area contributed by atoms with Gasteiger partial charge in [0.25, 0.3) is 5.56 Å². The molecule has 4 rings (SSSR count). The van der Waals surface area contributed by atoms with Gasteiger partial charge in [0.2, 0.25) is 11.8 Å². The van der Waals surface area contributed by atoms with Crippen LogP contribution in [0.25, 0.3) is 0 Å². The number of amides is 2. The molecule has 8 heteroatoms. The van der Waals surface area contributed by atoms with E-state index in [1.807, 2.05) is 51.1 Å². The number of aromatic nitrogens is 2. The van der Waals surface area contributed by atoms with Crippen molar-refractivity contribution in [3.05, 3.63) is 80.6 Å². The Kier molecular flexibility index (Phi) is 6.14. The van der Waals surface area contributed by atoms with Gasteiger partial charge in [-0.15, -0.1) is 0 Å². The number of hydrogen-bond acceptors (Lipinski definition) is 5. The van der Waals surface area contributed by atoms with E-state index in [0.717, 1.165) is 22.3 Å². The summed E-state index contributed by atoms with van der Waals surface area (Å²) >= 11 is 1.37. The van der Waals surface area contributed by atoms with Crippen molar-refractivity contribution in [3.8, 4) is 0 Å². The maximum Gasteiger partial charge on any atom is 0.257 e. The summed E-state index contributed by atoms with van der Waals surface area (Å²) in [5.41, 5.74) is 4.80. The number of nitrogens with zero attached hydrogens (tertiary/aromatic N) is 1. The summed E-state index contributed by atoms with van der Waals surface area (Å²) in [4.78, 5) is 45.3. The molecule has 0 aliphatic carbocycles. The number of benzene rings is 2. The first-order valence-corrected chi connectivity index (χ1v) is 11.3. The molecule has 0 saturated carbocycles. The fourth-order valence-corrected chi connectivity index (χ4v) is 4.45. The Balaban J connectivity index is 1.57. The van der Waals surface area contributed by atoms with Crippen LogP contribution in [0.1, 0.15) is 40.2 Å². The molecule has 1 atom stereocenters. The lowest BCUT2D eigenvalue weighted by molar-refractivity contribution is -0.123. The molecule has 1 aliphatic heterocycles. The summed E-state index contributed by atoms with van der Waals surface area (Å²) in [6, 6.07) is 13.7. The number of rotatable bonds is 5. The fraction of sp³-hybridized carbons (Fsp3) is 0.250. The van der Waals surface area contributed by atoms with Gasteiger partial charge in [0.1, 0.15) is 5.82 Å². The molecule has 2 heterocycles. The second kappa shape index (κ2) is 9.00. The SMILES string of the molecule is Cc1cccc(CSc2nc3c(c(=O)[nH]2)[C@@H](C(=O)Nc2ccc(C)c(C)c2)CC(=O)N3)c1. The molecule has 164 valence electrons. The molecule has 0 radical (unpaired) electrons. The summed E-state index contributed by atoms with van der Waals surface area (Å²) < 4.78 is 0. The Morgan fingerprint density at radius 3 is 2.69 bits per heavy atom. The van der Waals surface area contributed by atoms with E-state index in [1.165, 1.54) is 11.8 Å². The minimum Gasteiger partial charge on any atom is -0.326 e. The second-order valence-corrected chi connectivity index (χ2v) is 8.97. The highest BCUT2D eigenvalue weighted by atomic mass is 32.2. The molecule has 1 aromatic heterocycles. The number of nitrogens with one attached hydrogen (secondary N) is 3. The van der Waals surface area contributed by atoms with Crippen LogP contribution >= 0.6 is 11.8 Å². The molecule has 0 fully saturated rings.